The molecule has 0 unspecified atom stereocenters. The van der Waals surface area contributed by atoms with Gasteiger partial charge in [-0.3, -0.25) is 0 Å². The van der Waals surface area contributed by atoms with Gasteiger partial charge in [-0.25, -0.2) is 0 Å². The molecule has 2 rings (SSSR count). The third-order valence-electron chi connectivity index (χ3n) is 1.74. The summed E-state index contributed by atoms with van der Waals surface area (Å²) in [4.78, 5) is 0. The molecule has 0 fully saturated rings. The minimum absolute atomic E-state index is 0.200. The Morgan fingerprint density at radius 2 is 2.00 bits per heavy atom. The van der Waals surface area contributed by atoms with Crippen molar-refractivity contribution in [3.8, 4) is 0 Å². The van der Waals surface area contributed by atoms with Crippen LogP contribution in [0.3, 0.4) is 0 Å². The standard InChI is InChI=1S/C8H5Cl2NO2/c9-5-1-4-7(2-6(5)10)11-13-8(4)3-12/h1-2,12H,3H2. The maximum absolute atomic E-state index is 8.87. The Kier molecular flexibility index (Phi) is 2.15. The summed E-state index contributed by atoms with van der Waals surface area (Å²) in [5.41, 5.74) is 0.596. The average molecular weight is 218 g/mol. The normalized spacial score (nSPS) is 11.0. The summed E-state index contributed by atoms with van der Waals surface area (Å²) in [6.45, 7) is -0.200. The Balaban J connectivity index is 2.77. The summed E-state index contributed by atoms with van der Waals surface area (Å²) >= 11 is 11.6. The van der Waals surface area contributed by atoms with Crippen molar-refractivity contribution in [1.29, 1.82) is 0 Å². The van der Waals surface area contributed by atoms with Gasteiger partial charge < -0.3 is 9.63 Å². The highest BCUT2D eigenvalue weighted by Gasteiger charge is 2.09. The van der Waals surface area contributed by atoms with Gasteiger partial charge in [0.25, 0.3) is 0 Å². The molecule has 0 saturated carbocycles. The average Bonchev–Trinajstić information content (AvgIpc) is 2.48. The number of rotatable bonds is 1. The highest BCUT2D eigenvalue weighted by Crippen LogP contribution is 2.29. The number of benzene rings is 1. The van der Waals surface area contributed by atoms with Crippen molar-refractivity contribution in [2.45, 2.75) is 6.61 Å². The zero-order valence-corrected chi connectivity index (χ0v) is 7.93. The summed E-state index contributed by atoms with van der Waals surface area (Å²) in [6.07, 6.45) is 0. The van der Waals surface area contributed by atoms with E-state index in [9.17, 15) is 0 Å². The van der Waals surface area contributed by atoms with Gasteiger partial charge in [-0.15, -0.1) is 0 Å². The number of aliphatic hydroxyl groups is 1. The molecule has 0 aliphatic carbocycles. The second-order valence-corrected chi connectivity index (χ2v) is 3.36. The first-order valence-electron chi connectivity index (χ1n) is 3.56. The van der Waals surface area contributed by atoms with Crippen molar-refractivity contribution >= 4 is 34.1 Å². The maximum atomic E-state index is 8.87. The van der Waals surface area contributed by atoms with Gasteiger partial charge in [0.15, 0.2) is 5.76 Å². The first-order valence-corrected chi connectivity index (χ1v) is 4.32. The monoisotopic (exact) mass is 217 g/mol. The van der Waals surface area contributed by atoms with E-state index in [4.69, 9.17) is 32.8 Å². The first kappa shape index (κ1) is 8.81. The van der Waals surface area contributed by atoms with Crippen molar-refractivity contribution in [2.75, 3.05) is 0 Å². The third-order valence-corrected chi connectivity index (χ3v) is 2.46. The quantitative estimate of drug-likeness (QED) is 0.800. The van der Waals surface area contributed by atoms with Crippen LogP contribution in [0.25, 0.3) is 10.9 Å². The second kappa shape index (κ2) is 3.18. The lowest BCUT2D eigenvalue weighted by molar-refractivity contribution is 0.232. The van der Waals surface area contributed by atoms with Gasteiger partial charge in [0.05, 0.1) is 10.0 Å². The van der Waals surface area contributed by atoms with Gasteiger partial charge in [-0.2, -0.15) is 0 Å². The van der Waals surface area contributed by atoms with E-state index in [1.54, 1.807) is 12.1 Å². The van der Waals surface area contributed by atoms with Gasteiger partial charge in [-0.1, -0.05) is 28.4 Å². The summed E-state index contributed by atoms with van der Waals surface area (Å²) < 4.78 is 4.86. The molecule has 13 heavy (non-hydrogen) atoms. The Morgan fingerprint density at radius 3 is 2.69 bits per heavy atom. The minimum atomic E-state index is -0.200. The minimum Gasteiger partial charge on any atom is -0.388 e. The number of nitrogens with zero attached hydrogens (tertiary/aromatic N) is 1. The molecular formula is C8H5Cl2NO2. The van der Waals surface area contributed by atoms with Crippen LogP contribution in [0.5, 0.6) is 0 Å². The number of hydrogen-bond acceptors (Lipinski definition) is 3. The molecule has 3 nitrogen and oxygen atoms in total. The number of hydrogen-bond donors (Lipinski definition) is 1. The molecule has 1 heterocycles. The summed E-state index contributed by atoms with van der Waals surface area (Å²) in [6, 6.07) is 3.23. The van der Waals surface area contributed by atoms with Crippen molar-refractivity contribution in [1.82, 2.24) is 5.16 Å². The summed E-state index contributed by atoms with van der Waals surface area (Å²) in [5.74, 6) is 0.397. The lowest BCUT2D eigenvalue weighted by Gasteiger charge is -1.94. The van der Waals surface area contributed by atoms with Crippen molar-refractivity contribution in [3.63, 3.8) is 0 Å². The van der Waals surface area contributed by atoms with E-state index in [2.05, 4.69) is 5.16 Å². The van der Waals surface area contributed by atoms with Crippen LogP contribution in [-0.2, 0) is 6.61 Å². The van der Waals surface area contributed by atoms with Gasteiger partial charge in [-0.05, 0) is 12.1 Å². The molecule has 0 radical (unpaired) electrons. The lowest BCUT2D eigenvalue weighted by Crippen LogP contribution is -1.78. The smallest absolute Gasteiger partial charge is 0.169 e. The van der Waals surface area contributed by atoms with Gasteiger partial charge in [0.1, 0.15) is 12.1 Å². The molecule has 1 N–H and O–H groups in total. The molecule has 0 atom stereocenters. The zero-order valence-electron chi connectivity index (χ0n) is 6.42. The van der Waals surface area contributed by atoms with Crippen molar-refractivity contribution in [2.24, 2.45) is 0 Å². The molecule has 0 aliphatic rings. The van der Waals surface area contributed by atoms with Crippen LogP contribution >= 0.6 is 23.2 Å². The lowest BCUT2D eigenvalue weighted by atomic mass is 10.2. The number of aromatic nitrogens is 1. The topological polar surface area (TPSA) is 46.3 Å². The van der Waals surface area contributed by atoms with Crippen LogP contribution in [0.4, 0.5) is 0 Å². The Labute approximate surface area is 83.8 Å². The zero-order chi connectivity index (χ0) is 9.42. The molecule has 2 aromatic rings. The Bertz CT molecular complexity index is 453. The largest absolute Gasteiger partial charge is 0.388 e. The maximum Gasteiger partial charge on any atom is 0.169 e. The first-order chi connectivity index (χ1) is 6.22. The van der Waals surface area contributed by atoms with Crippen LogP contribution in [0, 0.1) is 0 Å². The third kappa shape index (κ3) is 1.39. The number of fused-ring (bicyclic) bond motifs is 1. The van der Waals surface area contributed by atoms with E-state index in [1.165, 1.54) is 0 Å². The van der Waals surface area contributed by atoms with Crippen LogP contribution in [-0.4, -0.2) is 10.3 Å². The summed E-state index contributed by atoms with van der Waals surface area (Å²) in [7, 11) is 0. The van der Waals surface area contributed by atoms with Crippen LogP contribution in [0.1, 0.15) is 5.76 Å². The molecule has 5 heteroatoms. The number of halogens is 2. The van der Waals surface area contributed by atoms with Crippen LogP contribution < -0.4 is 0 Å². The van der Waals surface area contributed by atoms with E-state index >= 15 is 0 Å². The fourth-order valence-electron chi connectivity index (χ4n) is 1.10. The fraction of sp³-hybridized carbons (Fsp3) is 0.125. The van der Waals surface area contributed by atoms with E-state index in [0.717, 1.165) is 0 Å². The van der Waals surface area contributed by atoms with Gasteiger partial charge in [0.2, 0.25) is 0 Å². The molecule has 68 valence electrons. The van der Waals surface area contributed by atoms with E-state index < -0.39 is 0 Å². The van der Waals surface area contributed by atoms with Gasteiger partial charge >= 0.3 is 0 Å². The molecule has 0 bridgehead atoms. The molecular weight excluding hydrogens is 213 g/mol. The molecule has 0 spiro atoms. The molecule has 1 aromatic heterocycles. The molecule has 0 aliphatic heterocycles. The predicted molar refractivity (Wildman–Crippen MR) is 50.0 cm³/mol. The molecule has 0 saturated heterocycles. The molecule has 0 amide bonds. The van der Waals surface area contributed by atoms with E-state index in [1.807, 2.05) is 0 Å². The Hall–Kier alpha value is -0.770. The predicted octanol–water partition coefficient (Wildman–Crippen LogP) is 2.63. The van der Waals surface area contributed by atoms with Crippen molar-refractivity contribution in [3.05, 3.63) is 27.9 Å². The second-order valence-electron chi connectivity index (χ2n) is 2.55. The Morgan fingerprint density at radius 1 is 1.31 bits per heavy atom. The van der Waals surface area contributed by atoms with Crippen molar-refractivity contribution < 1.29 is 9.63 Å². The fourth-order valence-corrected chi connectivity index (χ4v) is 1.42. The van der Waals surface area contributed by atoms with Crippen LogP contribution in [0.15, 0.2) is 16.7 Å². The summed E-state index contributed by atoms with van der Waals surface area (Å²) in [5, 5.41) is 14.1. The molecule has 1 aromatic carbocycles. The van der Waals surface area contributed by atoms with Crippen LogP contribution in [0.2, 0.25) is 10.0 Å². The van der Waals surface area contributed by atoms with Gasteiger partial charge in [0, 0.05) is 5.39 Å². The van der Waals surface area contributed by atoms with E-state index in [0.29, 0.717) is 26.7 Å². The highest BCUT2D eigenvalue weighted by atomic mass is 35.5. The highest BCUT2D eigenvalue weighted by molar-refractivity contribution is 6.42. The number of aliphatic hydroxyl groups excluding tert-OH is 1. The SMILES string of the molecule is OCc1onc2cc(Cl)c(Cl)cc12. The van der Waals surface area contributed by atoms with E-state index in [-0.39, 0.29) is 6.61 Å².